The Morgan fingerprint density at radius 1 is 1.17 bits per heavy atom. The van der Waals surface area contributed by atoms with Crippen molar-refractivity contribution in [2.24, 2.45) is 5.41 Å². The molecule has 0 rings (SSSR count). The van der Waals surface area contributed by atoms with E-state index in [9.17, 15) is 5.11 Å². The largest absolute Gasteiger partial charge is 1.00 e. The zero-order valence-electron chi connectivity index (χ0n) is 9.12. The first kappa shape index (κ1) is 14.4. The fourth-order valence-electron chi connectivity index (χ4n) is 0.756. The van der Waals surface area contributed by atoms with E-state index in [1.165, 1.54) is 0 Å². The van der Waals surface area contributed by atoms with E-state index in [0.29, 0.717) is 0 Å². The maximum Gasteiger partial charge on any atom is 1.00 e. The molecular formula is C10H17LiO. The third-order valence-electron chi connectivity index (χ3n) is 1.66. The van der Waals surface area contributed by atoms with Crippen molar-refractivity contribution in [3.05, 3.63) is 23.5 Å². The summed E-state index contributed by atoms with van der Waals surface area (Å²) in [6.07, 6.45) is 0. The van der Waals surface area contributed by atoms with Crippen LogP contribution >= 0.6 is 0 Å². The average molecular weight is 160 g/mol. The molecule has 64 valence electrons. The van der Waals surface area contributed by atoms with Crippen LogP contribution in [0.3, 0.4) is 0 Å². The Bertz CT molecular complexity index is 196. The zero-order valence-corrected chi connectivity index (χ0v) is 9.12. The Hall–Kier alpha value is -0.123. The standard InChI is InChI=1S/C10H18O.Li/c1-7(2)8(3)9(11)10(4,5)6;/h11H,1H2,2-6H3;/q;+1/p-1/b9-8+;. The minimum Gasteiger partial charge on any atom is -0.875 e. The minimum atomic E-state index is -0.275. The van der Waals surface area contributed by atoms with Crippen LogP contribution in [0.1, 0.15) is 34.6 Å². The molecule has 0 atom stereocenters. The summed E-state index contributed by atoms with van der Waals surface area (Å²) in [6, 6.07) is 0. The van der Waals surface area contributed by atoms with Gasteiger partial charge in [0.1, 0.15) is 0 Å². The summed E-state index contributed by atoms with van der Waals surface area (Å²) in [5, 5.41) is 11.5. The second-order valence-electron chi connectivity index (χ2n) is 3.98. The van der Waals surface area contributed by atoms with Crippen LogP contribution in [0.15, 0.2) is 23.5 Å². The molecule has 0 radical (unpaired) electrons. The van der Waals surface area contributed by atoms with E-state index >= 15 is 0 Å². The number of hydrogen-bond donors (Lipinski definition) is 0. The average Bonchev–Trinajstić information content (AvgIpc) is 1.82. The van der Waals surface area contributed by atoms with Gasteiger partial charge in [0, 0.05) is 0 Å². The number of allylic oxidation sites excluding steroid dienone is 3. The van der Waals surface area contributed by atoms with Gasteiger partial charge in [-0.15, -0.1) is 5.76 Å². The SMILES string of the molecule is C=C(C)/C(C)=C(/[O-])C(C)(C)C.[Li+]. The topological polar surface area (TPSA) is 23.1 Å². The Morgan fingerprint density at radius 3 is 1.58 bits per heavy atom. The Morgan fingerprint density at radius 2 is 1.50 bits per heavy atom. The third-order valence-corrected chi connectivity index (χ3v) is 1.66. The van der Waals surface area contributed by atoms with Crippen molar-refractivity contribution >= 4 is 0 Å². The van der Waals surface area contributed by atoms with Crippen LogP contribution in [0.2, 0.25) is 0 Å². The zero-order chi connectivity index (χ0) is 9.23. The first-order chi connectivity index (χ1) is 4.76. The fourth-order valence-corrected chi connectivity index (χ4v) is 0.756. The van der Waals surface area contributed by atoms with E-state index in [-0.39, 0.29) is 30.0 Å². The van der Waals surface area contributed by atoms with Crippen molar-refractivity contribution in [2.75, 3.05) is 0 Å². The van der Waals surface area contributed by atoms with Crippen LogP contribution in [0, 0.1) is 5.41 Å². The summed E-state index contributed by atoms with van der Waals surface area (Å²) >= 11 is 0. The Labute approximate surface area is 87.7 Å². The monoisotopic (exact) mass is 160 g/mol. The summed E-state index contributed by atoms with van der Waals surface area (Å²) < 4.78 is 0. The van der Waals surface area contributed by atoms with E-state index in [0.717, 1.165) is 11.1 Å². The van der Waals surface area contributed by atoms with Gasteiger partial charge in [-0.25, -0.2) is 0 Å². The summed E-state index contributed by atoms with van der Waals surface area (Å²) in [5.41, 5.74) is 1.38. The van der Waals surface area contributed by atoms with Gasteiger partial charge in [0.15, 0.2) is 0 Å². The van der Waals surface area contributed by atoms with Crippen LogP contribution in [0.4, 0.5) is 0 Å². The van der Waals surface area contributed by atoms with Gasteiger partial charge in [0.05, 0.1) is 0 Å². The first-order valence-electron chi connectivity index (χ1n) is 3.81. The van der Waals surface area contributed by atoms with E-state index in [1.807, 2.05) is 34.6 Å². The maximum absolute atomic E-state index is 11.5. The van der Waals surface area contributed by atoms with Crippen molar-refractivity contribution in [1.29, 1.82) is 0 Å². The molecule has 0 aromatic heterocycles. The molecule has 0 fully saturated rings. The smallest absolute Gasteiger partial charge is 0.875 e. The predicted octanol–water partition coefficient (Wildman–Crippen LogP) is -0.753. The van der Waals surface area contributed by atoms with E-state index in [4.69, 9.17) is 0 Å². The van der Waals surface area contributed by atoms with E-state index in [2.05, 4.69) is 6.58 Å². The summed E-state index contributed by atoms with van der Waals surface area (Å²) in [6.45, 7) is 13.2. The molecule has 1 nitrogen and oxygen atoms in total. The molecule has 0 bridgehead atoms. The van der Waals surface area contributed by atoms with Crippen LogP contribution in [-0.4, -0.2) is 0 Å². The molecule has 0 saturated heterocycles. The first-order valence-corrected chi connectivity index (χ1v) is 3.81. The van der Waals surface area contributed by atoms with Gasteiger partial charge >= 0.3 is 18.9 Å². The van der Waals surface area contributed by atoms with Crippen molar-refractivity contribution in [3.8, 4) is 0 Å². The third kappa shape index (κ3) is 4.04. The van der Waals surface area contributed by atoms with Crippen LogP contribution in [-0.2, 0) is 0 Å². The van der Waals surface area contributed by atoms with Gasteiger partial charge < -0.3 is 5.11 Å². The predicted molar refractivity (Wildman–Crippen MR) is 47.0 cm³/mol. The molecule has 0 saturated carbocycles. The molecule has 0 N–H and O–H groups in total. The van der Waals surface area contributed by atoms with Gasteiger partial charge in [-0.1, -0.05) is 38.5 Å². The molecule has 0 aliphatic rings. The molecule has 0 amide bonds. The second-order valence-corrected chi connectivity index (χ2v) is 3.98. The number of rotatable bonds is 1. The maximum atomic E-state index is 11.5. The summed E-state index contributed by atoms with van der Waals surface area (Å²) in [5.74, 6) is 0.185. The van der Waals surface area contributed by atoms with E-state index in [1.54, 1.807) is 0 Å². The summed E-state index contributed by atoms with van der Waals surface area (Å²) in [4.78, 5) is 0. The molecule has 0 aromatic rings. The summed E-state index contributed by atoms with van der Waals surface area (Å²) in [7, 11) is 0. The van der Waals surface area contributed by atoms with Gasteiger partial charge in [-0.3, -0.25) is 0 Å². The van der Waals surface area contributed by atoms with Crippen LogP contribution in [0.5, 0.6) is 0 Å². The van der Waals surface area contributed by atoms with Gasteiger partial charge in [-0.05, 0) is 19.3 Å². The van der Waals surface area contributed by atoms with Crippen LogP contribution < -0.4 is 24.0 Å². The van der Waals surface area contributed by atoms with Gasteiger partial charge in [0.25, 0.3) is 0 Å². The normalized spacial score (nSPS) is 13.1. The molecule has 0 aromatic carbocycles. The second kappa shape index (κ2) is 4.79. The molecule has 0 aliphatic heterocycles. The van der Waals surface area contributed by atoms with E-state index < -0.39 is 0 Å². The Kier molecular flexibility index (Phi) is 5.76. The Balaban J connectivity index is 0. The molecule has 12 heavy (non-hydrogen) atoms. The minimum absolute atomic E-state index is 0. The van der Waals surface area contributed by atoms with Crippen molar-refractivity contribution in [1.82, 2.24) is 0 Å². The van der Waals surface area contributed by atoms with Crippen LogP contribution in [0.25, 0.3) is 0 Å². The molecular weight excluding hydrogens is 143 g/mol. The fraction of sp³-hybridized carbons (Fsp3) is 0.600. The van der Waals surface area contributed by atoms with Gasteiger partial charge in [0.2, 0.25) is 0 Å². The molecule has 0 spiro atoms. The molecule has 0 unspecified atom stereocenters. The molecule has 0 heterocycles. The molecule has 0 aliphatic carbocycles. The van der Waals surface area contributed by atoms with Crippen molar-refractivity contribution < 1.29 is 24.0 Å². The van der Waals surface area contributed by atoms with Gasteiger partial charge in [-0.2, -0.15) is 0 Å². The number of hydrogen-bond acceptors (Lipinski definition) is 1. The molecule has 2 heteroatoms. The van der Waals surface area contributed by atoms with Crippen molar-refractivity contribution in [3.63, 3.8) is 0 Å². The quantitative estimate of drug-likeness (QED) is 0.281. The van der Waals surface area contributed by atoms with Crippen molar-refractivity contribution in [2.45, 2.75) is 34.6 Å².